The number of hydrogen-bond acceptors (Lipinski definition) is 8. The van der Waals surface area contributed by atoms with E-state index in [0.717, 1.165) is 30.2 Å². The molecule has 0 spiro atoms. The van der Waals surface area contributed by atoms with Crippen LogP contribution >= 0.6 is 11.8 Å². The lowest BCUT2D eigenvalue weighted by Crippen LogP contribution is -2.33. The molecule has 208 valence electrons. The third-order valence-corrected chi connectivity index (χ3v) is 6.69. The number of fused-ring (bicyclic) bond motifs is 1. The minimum atomic E-state index is -1.00. The van der Waals surface area contributed by atoms with Crippen molar-refractivity contribution in [3.63, 3.8) is 0 Å². The molecule has 0 saturated carbocycles. The van der Waals surface area contributed by atoms with Gasteiger partial charge in [0.15, 0.2) is 12.1 Å². The van der Waals surface area contributed by atoms with Gasteiger partial charge in [0.2, 0.25) is 0 Å². The van der Waals surface area contributed by atoms with Crippen LogP contribution < -0.4 is 26.8 Å². The summed E-state index contributed by atoms with van der Waals surface area (Å²) in [6.07, 6.45) is 0.477. The Morgan fingerprint density at radius 1 is 1.11 bits per heavy atom. The van der Waals surface area contributed by atoms with Gasteiger partial charge in [0.1, 0.15) is 18.4 Å². The number of ether oxygens (including phenoxy) is 2. The van der Waals surface area contributed by atoms with Gasteiger partial charge < -0.3 is 41.8 Å². The van der Waals surface area contributed by atoms with E-state index in [9.17, 15) is 9.59 Å². The fourth-order valence-electron chi connectivity index (χ4n) is 3.58. The van der Waals surface area contributed by atoms with Crippen LogP contribution in [0.15, 0.2) is 58.4 Å². The highest BCUT2D eigenvalue weighted by Gasteiger charge is 2.18. The standard InChI is InChI=1S/C20H23NO4S.C6H14N4O2/c1-24-18(20(22)23)14-15-6-8-16(9-7-15)25-12-10-21-11-13-26-19-5-3-2-4-17(19)21;7-4(5(11)12)2-1-3-10-6(8)9/h2-9,18H,10-14H2,1H3,(H,22,23);4H,1-3,7H2,(H,11,12)(H4,8,9,10)/t18-;/m0./s1. The number of nitrogens with two attached hydrogens (primary N) is 3. The number of thioether (sulfide) groups is 1. The van der Waals surface area contributed by atoms with Gasteiger partial charge in [-0.2, -0.15) is 0 Å². The average molecular weight is 548 g/mol. The summed E-state index contributed by atoms with van der Waals surface area (Å²) in [5.74, 6) is -0.0558. The van der Waals surface area contributed by atoms with E-state index >= 15 is 0 Å². The number of guanidine groups is 1. The maximum atomic E-state index is 11.0. The maximum Gasteiger partial charge on any atom is 0.333 e. The number of para-hydroxylation sites is 1. The van der Waals surface area contributed by atoms with Crippen molar-refractivity contribution in [3.8, 4) is 5.75 Å². The molecule has 0 aromatic heterocycles. The summed E-state index contributed by atoms with van der Waals surface area (Å²) in [5.41, 5.74) is 17.5. The van der Waals surface area contributed by atoms with Crippen molar-refractivity contribution in [1.82, 2.24) is 0 Å². The number of methoxy groups -OCH3 is 1. The maximum absolute atomic E-state index is 11.0. The number of carboxylic acid groups (broad SMARTS) is 2. The second-order valence-electron chi connectivity index (χ2n) is 8.46. The summed E-state index contributed by atoms with van der Waals surface area (Å²) < 4.78 is 10.8. The van der Waals surface area contributed by atoms with E-state index < -0.39 is 24.1 Å². The fraction of sp³-hybridized carbons (Fsp3) is 0.423. The van der Waals surface area contributed by atoms with Crippen LogP contribution in [0.2, 0.25) is 0 Å². The fourth-order valence-corrected chi connectivity index (χ4v) is 4.63. The van der Waals surface area contributed by atoms with Crippen LogP contribution in [-0.2, 0) is 20.7 Å². The summed E-state index contributed by atoms with van der Waals surface area (Å²) in [7, 11) is 1.41. The van der Waals surface area contributed by atoms with E-state index in [1.54, 1.807) is 0 Å². The van der Waals surface area contributed by atoms with Crippen LogP contribution in [-0.4, -0.2) is 79.4 Å². The van der Waals surface area contributed by atoms with Crippen LogP contribution in [0.25, 0.3) is 0 Å². The first-order chi connectivity index (χ1) is 18.2. The van der Waals surface area contributed by atoms with E-state index in [2.05, 4.69) is 34.2 Å². The first-order valence-corrected chi connectivity index (χ1v) is 13.2. The van der Waals surface area contributed by atoms with Crippen molar-refractivity contribution in [3.05, 3.63) is 54.1 Å². The number of aliphatic imine (C=N–C) groups is 1. The molecule has 38 heavy (non-hydrogen) atoms. The molecule has 2 atom stereocenters. The van der Waals surface area contributed by atoms with Gasteiger partial charge in [0, 0.05) is 37.3 Å². The average Bonchev–Trinajstić information content (AvgIpc) is 2.90. The van der Waals surface area contributed by atoms with Crippen molar-refractivity contribution in [1.29, 1.82) is 0 Å². The van der Waals surface area contributed by atoms with Gasteiger partial charge in [0.25, 0.3) is 0 Å². The second kappa shape index (κ2) is 16.4. The van der Waals surface area contributed by atoms with Crippen molar-refractivity contribution in [2.45, 2.75) is 36.3 Å². The molecule has 0 amide bonds. The zero-order valence-corrected chi connectivity index (χ0v) is 22.3. The van der Waals surface area contributed by atoms with Crippen molar-refractivity contribution in [2.24, 2.45) is 22.2 Å². The minimum absolute atomic E-state index is 0.0129. The zero-order chi connectivity index (χ0) is 27.9. The molecule has 1 unspecified atom stereocenters. The molecule has 2 aromatic rings. The molecular formula is C26H37N5O6S. The second-order valence-corrected chi connectivity index (χ2v) is 9.59. The molecule has 0 fully saturated rings. The van der Waals surface area contributed by atoms with Gasteiger partial charge in [-0.25, -0.2) is 4.79 Å². The van der Waals surface area contributed by atoms with E-state index in [1.165, 1.54) is 17.7 Å². The summed E-state index contributed by atoms with van der Waals surface area (Å²) >= 11 is 1.90. The number of aliphatic carboxylic acids is 2. The molecule has 8 N–H and O–H groups in total. The predicted octanol–water partition coefficient (Wildman–Crippen LogP) is 1.77. The molecule has 0 aliphatic carbocycles. The molecule has 0 bridgehead atoms. The molecule has 1 aliphatic rings. The third kappa shape index (κ3) is 10.9. The van der Waals surface area contributed by atoms with Crippen LogP contribution in [0.4, 0.5) is 5.69 Å². The molecule has 3 rings (SSSR count). The summed E-state index contributed by atoms with van der Waals surface area (Å²) in [6, 6.07) is 15.2. The highest BCUT2D eigenvalue weighted by Crippen LogP contribution is 2.34. The number of carboxylic acids is 2. The number of carbonyl (C=O) groups is 2. The van der Waals surface area contributed by atoms with Gasteiger partial charge >= 0.3 is 11.9 Å². The van der Waals surface area contributed by atoms with E-state index in [1.807, 2.05) is 36.0 Å². The van der Waals surface area contributed by atoms with E-state index in [0.29, 0.717) is 32.4 Å². The van der Waals surface area contributed by atoms with E-state index in [-0.39, 0.29) is 5.96 Å². The largest absolute Gasteiger partial charge is 0.492 e. The van der Waals surface area contributed by atoms with Crippen molar-refractivity contribution >= 4 is 35.3 Å². The smallest absolute Gasteiger partial charge is 0.333 e. The Labute approximate surface area is 227 Å². The third-order valence-electron chi connectivity index (χ3n) is 5.64. The Hall–Kier alpha value is -3.48. The normalized spacial score (nSPS) is 13.8. The van der Waals surface area contributed by atoms with Crippen LogP contribution in [0, 0.1) is 0 Å². The molecule has 12 heteroatoms. The first kappa shape index (κ1) is 30.7. The number of rotatable bonds is 13. The monoisotopic (exact) mass is 547 g/mol. The molecule has 0 radical (unpaired) electrons. The summed E-state index contributed by atoms with van der Waals surface area (Å²) in [6.45, 7) is 2.89. The number of benzene rings is 2. The summed E-state index contributed by atoms with van der Waals surface area (Å²) in [4.78, 5) is 28.6. The molecule has 1 aliphatic heterocycles. The minimum Gasteiger partial charge on any atom is -0.492 e. The Morgan fingerprint density at radius 2 is 1.82 bits per heavy atom. The highest BCUT2D eigenvalue weighted by molar-refractivity contribution is 7.99. The van der Waals surface area contributed by atoms with Crippen molar-refractivity contribution < 1.29 is 29.3 Å². The Balaban J connectivity index is 0.000000358. The highest BCUT2D eigenvalue weighted by atomic mass is 32.2. The number of hydrogen-bond donors (Lipinski definition) is 5. The number of anilines is 1. The van der Waals surface area contributed by atoms with Gasteiger partial charge in [0.05, 0.1) is 12.2 Å². The first-order valence-electron chi connectivity index (χ1n) is 12.2. The Bertz CT molecular complexity index is 1050. The Kier molecular flexibility index (Phi) is 13.3. The number of nitrogens with zero attached hydrogens (tertiary/aromatic N) is 2. The zero-order valence-electron chi connectivity index (χ0n) is 21.5. The topological polar surface area (TPSA) is 187 Å². The quantitative estimate of drug-likeness (QED) is 0.140. The van der Waals surface area contributed by atoms with Crippen LogP contribution in [0.3, 0.4) is 0 Å². The van der Waals surface area contributed by atoms with Gasteiger partial charge in [-0.15, -0.1) is 11.8 Å². The van der Waals surface area contributed by atoms with Gasteiger partial charge in [-0.3, -0.25) is 9.79 Å². The SMILES string of the molecule is CO[C@@H](Cc1ccc(OCCN2CCSc3ccccc32)cc1)C(=O)O.NC(N)=NCCCC(N)C(=O)O. The van der Waals surface area contributed by atoms with Gasteiger partial charge in [-0.1, -0.05) is 24.3 Å². The van der Waals surface area contributed by atoms with Crippen molar-refractivity contribution in [2.75, 3.05) is 44.0 Å². The van der Waals surface area contributed by atoms with Gasteiger partial charge in [-0.05, 0) is 42.7 Å². The molecular weight excluding hydrogens is 510 g/mol. The molecule has 2 aromatic carbocycles. The lowest BCUT2D eigenvalue weighted by atomic mass is 10.1. The molecule has 0 saturated heterocycles. The lowest BCUT2D eigenvalue weighted by molar-refractivity contribution is -0.148. The van der Waals surface area contributed by atoms with Crippen LogP contribution in [0.1, 0.15) is 18.4 Å². The van der Waals surface area contributed by atoms with E-state index in [4.69, 9.17) is 36.9 Å². The lowest BCUT2D eigenvalue weighted by Gasteiger charge is -2.30. The predicted molar refractivity (Wildman–Crippen MR) is 149 cm³/mol. The molecule has 11 nitrogen and oxygen atoms in total. The summed E-state index contributed by atoms with van der Waals surface area (Å²) in [5, 5.41) is 17.4. The molecule has 1 heterocycles. The Morgan fingerprint density at radius 3 is 2.45 bits per heavy atom. The van der Waals surface area contributed by atoms with Crippen LogP contribution in [0.5, 0.6) is 5.75 Å².